The topological polar surface area (TPSA) is 38.8 Å². The van der Waals surface area contributed by atoms with E-state index in [1.54, 1.807) is 24.3 Å². The van der Waals surface area contributed by atoms with E-state index in [9.17, 15) is 18.0 Å². The Morgan fingerprint density at radius 1 is 0.971 bits per heavy atom. The summed E-state index contributed by atoms with van der Waals surface area (Å²) in [5.41, 5.74) is 0.910. The van der Waals surface area contributed by atoms with E-state index in [4.69, 9.17) is 21.7 Å². The van der Waals surface area contributed by atoms with Crippen molar-refractivity contribution >= 4 is 46.0 Å². The van der Waals surface area contributed by atoms with Gasteiger partial charge in [-0.1, -0.05) is 66.4 Å². The predicted octanol–water partition coefficient (Wildman–Crippen LogP) is 7.09. The van der Waals surface area contributed by atoms with Gasteiger partial charge in [-0.3, -0.25) is 9.69 Å². The highest BCUT2D eigenvalue weighted by Gasteiger charge is 2.36. The molecule has 0 aliphatic carbocycles. The van der Waals surface area contributed by atoms with E-state index in [1.807, 2.05) is 37.3 Å². The number of thiocarbonyl (C=S) groups is 1. The highest BCUT2D eigenvalue weighted by Crippen LogP contribution is 2.39. The predicted molar refractivity (Wildman–Crippen MR) is 135 cm³/mol. The van der Waals surface area contributed by atoms with Crippen molar-refractivity contribution in [3.63, 3.8) is 0 Å². The highest BCUT2D eigenvalue weighted by atomic mass is 32.2. The summed E-state index contributed by atoms with van der Waals surface area (Å²) in [5, 5.41) is 0. The van der Waals surface area contributed by atoms with Crippen LogP contribution >= 0.6 is 24.0 Å². The molecule has 4 rings (SSSR count). The summed E-state index contributed by atoms with van der Waals surface area (Å²) < 4.78 is 51.2. The third kappa shape index (κ3) is 5.86. The molecule has 1 heterocycles. The van der Waals surface area contributed by atoms with Crippen molar-refractivity contribution in [2.75, 3.05) is 11.5 Å². The maximum Gasteiger partial charge on any atom is 0.416 e. The van der Waals surface area contributed by atoms with E-state index in [2.05, 4.69) is 0 Å². The van der Waals surface area contributed by atoms with Gasteiger partial charge in [0.1, 0.15) is 6.61 Å². The third-order valence-electron chi connectivity index (χ3n) is 5.03. The second-order valence-corrected chi connectivity index (χ2v) is 9.15. The molecule has 4 nitrogen and oxygen atoms in total. The normalized spacial score (nSPS) is 15.1. The molecule has 0 unspecified atom stereocenters. The molecule has 1 aliphatic rings. The Bertz CT molecular complexity index is 1280. The van der Waals surface area contributed by atoms with E-state index in [-0.39, 0.29) is 10.0 Å². The SMILES string of the molecule is CCOc1cc(/C=C2\SC(=S)N(c3cccc(C(F)(F)F)c3)C2=O)ccc1OCc1ccccc1. The Morgan fingerprint density at radius 2 is 1.74 bits per heavy atom. The van der Waals surface area contributed by atoms with Crippen molar-refractivity contribution in [2.24, 2.45) is 0 Å². The summed E-state index contributed by atoms with van der Waals surface area (Å²) in [7, 11) is 0. The van der Waals surface area contributed by atoms with Gasteiger partial charge in [0.25, 0.3) is 5.91 Å². The van der Waals surface area contributed by atoms with Gasteiger partial charge in [0.15, 0.2) is 15.8 Å². The van der Waals surface area contributed by atoms with Crippen LogP contribution in [0.15, 0.2) is 77.7 Å². The number of nitrogens with zero attached hydrogens (tertiary/aromatic N) is 1. The minimum absolute atomic E-state index is 0.0744. The van der Waals surface area contributed by atoms with E-state index in [0.29, 0.717) is 35.2 Å². The standard InChI is InChI=1S/C26H20F3NO3S2/c1-2-32-22-13-18(11-12-21(22)33-16-17-7-4-3-5-8-17)14-23-24(31)30(25(34)35-23)20-10-6-9-19(15-20)26(27,28)29/h3-15H,2,16H2,1H3/b23-14-. The number of alkyl halides is 3. The quantitative estimate of drug-likeness (QED) is 0.248. The average molecular weight is 516 g/mol. The van der Waals surface area contributed by atoms with E-state index in [1.165, 1.54) is 12.1 Å². The minimum Gasteiger partial charge on any atom is -0.490 e. The van der Waals surface area contributed by atoms with Crippen LogP contribution in [0, 0.1) is 0 Å². The molecule has 3 aromatic carbocycles. The van der Waals surface area contributed by atoms with Crippen LogP contribution in [0.5, 0.6) is 11.5 Å². The molecule has 0 spiro atoms. The van der Waals surface area contributed by atoms with Gasteiger partial charge in [0, 0.05) is 0 Å². The number of benzene rings is 3. The molecule has 0 N–H and O–H groups in total. The van der Waals surface area contributed by atoms with Crippen molar-refractivity contribution in [1.29, 1.82) is 0 Å². The smallest absolute Gasteiger partial charge is 0.416 e. The molecule has 1 amide bonds. The van der Waals surface area contributed by atoms with E-state index in [0.717, 1.165) is 34.4 Å². The lowest BCUT2D eigenvalue weighted by Gasteiger charge is -2.16. The number of carbonyl (C=O) groups is 1. The summed E-state index contributed by atoms with van der Waals surface area (Å²) in [6.45, 7) is 2.65. The number of carbonyl (C=O) groups excluding carboxylic acids is 1. The van der Waals surface area contributed by atoms with Gasteiger partial charge < -0.3 is 9.47 Å². The van der Waals surface area contributed by atoms with Crippen LogP contribution in [-0.4, -0.2) is 16.8 Å². The number of thioether (sulfide) groups is 1. The maximum atomic E-state index is 13.1. The van der Waals surface area contributed by atoms with E-state index < -0.39 is 17.6 Å². The molecule has 3 aromatic rings. The lowest BCUT2D eigenvalue weighted by Crippen LogP contribution is -2.27. The van der Waals surface area contributed by atoms with Crippen LogP contribution < -0.4 is 14.4 Å². The molecule has 1 aliphatic heterocycles. The second kappa shape index (κ2) is 10.5. The molecule has 0 bridgehead atoms. The first kappa shape index (κ1) is 24.8. The van der Waals surface area contributed by atoms with Gasteiger partial charge in [-0.2, -0.15) is 13.2 Å². The monoisotopic (exact) mass is 515 g/mol. The Morgan fingerprint density at radius 3 is 2.46 bits per heavy atom. The van der Waals surface area contributed by atoms with Gasteiger partial charge in [-0.15, -0.1) is 0 Å². The second-order valence-electron chi connectivity index (χ2n) is 7.48. The van der Waals surface area contributed by atoms with Crippen molar-refractivity contribution in [2.45, 2.75) is 19.7 Å². The number of ether oxygens (including phenoxy) is 2. The van der Waals surface area contributed by atoms with Gasteiger partial charge in [0.2, 0.25) is 0 Å². The Kier molecular flexibility index (Phi) is 7.47. The van der Waals surface area contributed by atoms with Gasteiger partial charge in [0.05, 0.1) is 22.8 Å². The van der Waals surface area contributed by atoms with Crippen molar-refractivity contribution in [3.8, 4) is 11.5 Å². The zero-order chi connectivity index (χ0) is 25.0. The van der Waals surface area contributed by atoms with E-state index >= 15 is 0 Å². The molecule has 9 heteroatoms. The molecule has 1 fully saturated rings. The highest BCUT2D eigenvalue weighted by molar-refractivity contribution is 8.27. The fourth-order valence-electron chi connectivity index (χ4n) is 3.40. The summed E-state index contributed by atoms with van der Waals surface area (Å²) in [4.78, 5) is 14.4. The van der Waals surface area contributed by atoms with Gasteiger partial charge >= 0.3 is 6.18 Å². The molecule has 0 saturated carbocycles. The van der Waals surface area contributed by atoms with Crippen LogP contribution in [0.25, 0.3) is 6.08 Å². The Hall–Kier alpha value is -3.30. The molecular weight excluding hydrogens is 495 g/mol. The summed E-state index contributed by atoms with van der Waals surface area (Å²) in [5.74, 6) is 0.594. The first-order valence-corrected chi connectivity index (χ1v) is 11.9. The number of hydrogen-bond acceptors (Lipinski definition) is 5. The summed E-state index contributed by atoms with van der Waals surface area (Å²) >= 11 is 6.33. The van der Waals surface area contributed by atoms with Crippen LogP contribution in [0.1, 0.15) is 23.6 Å². The molecule has 35 heavy (non-hydrogen) atoms. The lowest BCUT2D eigenvalue weighted by atomic mass is 10.1. The first-order chi connectivity index (χ1) is 16.8. The first-order valence-electron chi connectivity index (χ1n) is 10.6. The average Bonchev–Trinajstić information content (AvgIpc) is 3.11. The van der Waals surface area contributed by atoms with Crippen LogP contribution in [0.2, 0.25) is 0 Å². The molecular formula is C26H20F3NO3S2. The fourth-order valence-corrected chi connectivity index (χ4v) is 4.70. The molecule has 180 valence electrons. The minimum atomic E-state index is -4.52. The number of rotatable bonds is 7. The molecule has 0 radical (unpaired) electrons. The van der Waals surface area contributed by atoms with Crippen LogP contribution in [0.4, 0.5) is 18.9 Å². The summed E-state index contributed by atoms with van der Waals surface area (Å²) in [6, 6.07) is 19.5. The Labute approximate surface area is 210 Å². The lowest BCUT2D eigenvalue weighted by molar-refractivity contribution is -0.137. The number of hydrogen-bond donors (Lipinski definition) is 0. The third-order valence-corrected chi connectivity index (χ3v) is 6.33. The number of amides is 1. The Balaban J connectivity index is 1.56. The van der Waals surface area contributed by atoms with Crippen molar-refractivity contribution in [3.05, 3.63) is 94.4 Å². The molecule has 0 atom stereocenters. The fraction of sp³-hybridized carbons (Fsp3) is 0.154. The van der Waals surface area contributed by atoms with Crippen LogP contribution in [-0.2, 0) is 17.6 Å². The number of anilines is 1. The molecule has 1 saturated heterocycles. The van der Waals surface area contributed by atoms with Crippen molar-refractivity contribution in [1.82, 2.24) is 0 Å². The van der Waals surface area contributed by atoms with Crippen LogP contribution in [0.3, 0.4) is 0 Å². The van der Waals surface area contributed by atoms with Gasteiger partial charge in [-0.05, 0) is 54.5 Å². The number of halogens is 3. The van der Waals surface area contributed by atoms with Crippen molar-refractivity contribution < 1.29 is 27.4 Å². The zero-order valence-corrected chi connectivity index (χ0v) is 20.2. The largest absolute Gasteiger partial charge is 0.490 e. The maximum absolute atomic E-state index is 13.1. The molecule has 0 aromatic heterocycles. The zero-order valence-electron chi connectivity index (χ0n) is 18.5. The van der Waals surface area contributed by atoms with Gasteiger partial charge in [-0.25, -0.2) is 0 Å². The summed E-state index contributed by atoms with van der Waals surface area (Å²) in [6.07, 6.45) is -2.89.